The van der Waals surface area contributed by atoms with Crippen molar-refractivity contribution in [2.45, 2.75) is 34.6 Å². The fourth-order valence-corrected chi connectivity index (χ4v) is 2.29. The molecule has 1 rings (SSSR count). The van der Waals surface area contributed by atoms with Gasteiger partial charge in [0, 0.05) is 18.8 Å². The lowest BCUT2D eigenvalue weighted by Crippen LogP contribution is -2.37. The number of nitrogens with one attached hydrogen (secondary N) is 1. The van der Waals surface area contributed by atoms with Crippen molar-refractivity contribution < 1.29 is 4.79 Å². The average Bonchev–Trinajstić information content (AvgIpc) is 2.39. The van der Waals surface area contributed by atoms with Crippen molar-refractivity contribution in [2.24, 2.45) is 5.92 Å². The fraction of sp³-hybridized carbons (Fsp3) is 0.500. The van der Waals surface area contributed by atoms with E-state index in [-0.39, 0.29) is 11.9 Å². The predicted octanol–water partition coefficient (Wildman–Crippen LogP) is 3.63. The molecule has 0 saturated heterocycles. The van der Waals surface area contributed by atoms with Crippen LogP contribution in [0, 0.1) is 38.0 Å². The zero-order valence-corrected chi connectivity index (χ0v) is 12.9. The smallest absolute Gasteiger partial charge is 0.321 e. The molecular weight excluding hydrogens is 250 g/mol. The van der Waals surface area contributed by atoms with Crippen LogP contribution in [0.1, 0.15) is 30.5 Å². The number of rotatable bonds is 4. The Hall–Kier alpha value is -2.02. The summed E-state index contributed by atoms with van der Waals surface area (Å²) in [5.41, 5.74) is 4.16. The average molecular weight is 273 g/mol. The maximum atomic E-state index is 12.3. The largest absolute Gasteiger partial charge is 0.324 e. The topological polar surface area (TPSA) is 56.1 Å². The Morgan fingerprint density at radius 2 is 1.90 bits per heavy atom. The van der Waals surface area contributed by atoms with Gasteiger partial charge in [-0.3, -0.25) is 0 Å². The molecule has 0 aliphatic rings. The van der Waals surface area contributed by atoms with Crippen molar-refractivity contribution in [3.63, 3.8) is 0 Å². The highest BCUT2D eigenvalue weighted by Gasteiger charge is 2.16. The number of hydrogen-bond acceptors (Lipinski definition) is 2. The van der Waals surface area contributed by atoms with Crippen molar-refractivity contribution in [1.82, 2.24) is 4.90 Å². The van der Waals surface area contributed by atoms with Crippen LogP contribution in [0.5, 0.6) is 0 Å². The number of nitriles is 1. The number of carbonyl (C=O) groups excluding carboxylic acids is 1. The van der Waals surface area contributed by atoms with Gasteiger partial charge in [0.25, 0.3) is 0 Å². The van der Waals surface area contributed by atoms with Crippen LogP contribution in [0.2, 0.25) is 0 Å². The number of urea groups is 1. The molecule has 1 aromatic rings. The summed E-state index contributed by atoms with van der Waals surface area (Å²) in [7, 11) is 0. The lowest BCUT2D eigenvalue weighted by Gasteiger charge is -2.23. The first-order chi connectivity index (χ1) is 9.38. The molecule has 2 amide bonds. The summed E-state index contributed by atoms with van der Waals surface area (Å²) in [5.74, 6) is -0.166. The Labute approximate surface area is 121 Å². The van der Waals surface area contributed by atoms with Gasteiger partial charge < -0.3 is 10.2 Å². The quantitative estimate of drug-likeness (QED) is 0.910. The van der Waals surface area contributed by atoms with E-state index in [4.69, 9.17) is 5.26 Å². The van der Waals surface area contributed by atoms with Gasteiger partial charge in [0.2, 0.25) is 0 Å². The van der Waals surface area contributed by atoms with Crippen LogP contribution in [0.25, 0.3) is 0 Å². The van der Waals surface area contributed by atoms with Crippen molar-refractivity contribution in [3.05, 3.63) is 28.8 Å². The summed E-state index contributed by atoms with van der Waals surface area (Å²) in [5, 5.41) is 11.8. The number of anilines is 1. The van der Waals surface area contributed by atoms with Gasteiger partial charge in [0.05, 0.1) is 12.0 Å². The first-order valence-electron chi connectivity index (χ1n) is 6.92. The maximum Gasteiger partial charge on any atom is 0.321 e. The second-order valence-corrected chi connectivity index (χ2v) is 5.27. The molecule has 1 N–H and O–H groups in total. The van der Waals surface area contributed by atoms with E-state index in [9.17, 15) is 4.79 Å². The molecule has 0 spiro atoms. The molecule has 0 radical (unpaired) electrons. The summed E-state index contributed by atoms with van der Waals surface area (Å²) in [6.45, 7) is 10.8. The normalized spacial score (nSPS) is 11.6. The molecule has 0 heterocycles. The third-order valence-electron chi connectivity index (χ3n) is 3.29. The highest BCUT2D eigenvalue weighted by Crippen LogP contribution is 2.22. The number of nitrogens with zero attached hydrogens (tertiary/aromatic N) is 2. The molecule has 108 valence electrons. The van der Waals surface area contributed by atoms with Gasteiger partial charge in [0.1, 0.15) is 0 Å². The molecule has 0 fully saturated rings. The standard InChI is InChI=1S/C16H23N3O/c1-6-19(10-12(3)9-17)16(20)18-15-13(4)7-11(2)8-14(15)5/h7-8,12H,6,10H2,1-5H3,(H,18,20)/t12-/m1/s1. The van der Waals surface area contributed by atoms with Crippen molar-refractivity contribution in [1.29, 1.82) is 5.26 Å². The molecule has 1 aromatic carbocycles. The van der Waals surface area contributed by atoms with Crippen LogP contribution >= 0.6 is 0 Å². The summed E-state index contributed by atoms with van der Waals surface area (Å²) >= 11 is 0. The van der Waals surface area contributed by atoms with E-state index < -0.39 is 0 Å². The predicted molar refractivity (Wildman–Crippen MR) is 81.7 cm³/mol. The number of benzene rings is 1. The second kappa shape index (κ2) is 6.95. The minimum Gasteiger partial charge on any atom is -0.324 e. The van der Waals surface area contributed by atoms with Crippen molar-refractivity contribution in [2.75, 3.05) is 18.4 Å². The van der Waals surface area contributed by atoms with Crippen molar-refractivity contribution in [3.8, 4) is 6.07 Å². The summed E-state index contributed by atoms with van der Waals surface area (Å²) in [6, 6.07) is 6.11. The summed E-state index contributed by atoms with van der Waals surface area (Å²) < 4.78 is 0. The lowest BCUT2D eigenvalue weighted by atomic mass is 10.1. The Morgan fingerprint density at radius 3 is 2.35 bits per heavy atom. The van der Waals surface area contributed by atoms with E-state index in [1.807, 2.05) is 34.6 Å². The molecule has 0 unspecified atom stereocenters. The van der Waals surface area contributed by atoms with Gasteiger partial charge in [-0.25, -0.2) is 4.79 Å². The third kappa shape index (κ3) is 3.99. The van der Waals surface area contributed by atoms with Gasteiger partial charge in [0.15, 0.2) is 0 Å². The Morgan fingerprint density at radius 1 is 1.35 bits per heavy atom. The monoisotopic (exact) mass is 273 g/mol. The zero-order valence-electron chi connectivity index (χ0n) is 12.9. The minimum absolute atomic E-state index is 0.148. The molecule has 4 heteroatoms. The molecular formula is C16H23N3O. The molecule has 0 aromatic heterocycles. The van der Waals surface area contributed by atoms with Crippen LogP contribution in [0.15, 0.2) is 12.1 Å². The lowest BCUT2D eigenvalue weighted by molar-refractivity contribution is 0.210. The van der Waals surface area contributed by atoms with E-state index >= 15 is 0 Å². The summed E-state index contributed by atoms with van der Waals surface area (Å²) in [6.07, 6.45) is 0. The van der Waals surface area contributed by atoms with Gasteiger partial charge in [-0.2, -0.15) is 5.26 Å². The molecule has 1 atom stereocenters. The Kier molecular flexibility index (Phi) is 5.57. The van der Waals surface area contributed by atoms with E-state index in [1.54, 1.807) is 4.90 Å². The van der Waals surface area contributed by atoms with E-state index in [0.717, 1.165) is 16.8 Å². The minimum atomic E-state index is -0.166. The van der Waals surface area contributed by atoms with Crippen LogP contribution in [0.3, 0.4) is 0 Å². The van der Waals surface area contributed by atoms with E-state index in [2.05, 4.69) is 23.5 Å². The number of aryl methyl sites for hydroxylation is 3. The Balaban J connectivity index is 2.87. The molecule has 0 saturated carbocycles. The number of amides is 2. The van der Waals surface area contributed by atoms with Gasteiger partial charge in [-0.1, -0.05) is 17.7 Å². The number of hydrogen-bond donors (Lipinski definition) is 1. The second-order valence-electron chi connectivity index (χ2n) is 5.27. The fourth-order valence-electron chi connectivity index (χ4n) is 2.29. The maximum absolute atomic E-state index is 12.3. The molecule has 0 bridgehead atoms. The summed E-state index contributed by atoms with van der Waals surface area (Å²) in [4.78, 5) is 13.9. The van der Waals surface area contributed by atoms with E-state index in [0.29, 0.717) is 13.1 Å². The first-order valence-corrected chi connectivity index (χ1v) is 6.92. The number of carbonyl (C=O) groups is 1. The van der Waals surface area contributed by atoms with Gasteiger partial charge >= 0.3 is 6.03 Å². The van der Waals surface area contributed by atoms with Crippen molar-refractivity contribution >= 4 is 11.7 Å². The molecule has 0 aliphatic carbocycles. The van der Waals surface area contributed by atoms with Crippen LogP contribution in [0.4, 0.5) is 10.5 Å². The van der Waals surface area contributed by atoms with E-state index in [1.165, 1.54) is 5.56 Å². The van der Waals surface area contributed by atoms with Crippen LogP contribution in [-0.2, 0) is 0 Å². The van der Waals surface area contributed by atoms with Gasteiger partial charge in [-0.15, -0.1) is 0 Å². The highest BCUT2D eigenvalue weighted by atomic mass is 16.2. The molecule has 20 heavy (non-hydrogen) atoms. The van der Waals surface area contributed by atoms with Gasteiger partial charge in [-0.05, 0) is 45.7 Å². The molecule has 0 aliphatic heterocycles. The SMILES string of the molecule is CCN(C[C@H](C)C#N)C(=O)Nc1c(C)cc(C)cc1C. The van der Waals surface area contributed by atoms with Crippen LogP contribution in [-0.4, -0.2) is 24.0 Å². The molecule has 4 nitrogen and oxygen atoms in total. The first kappa shape index (κ1) is 16.0. The Bertz CT molecular complexity index is 508. The van der Waals surface area contributed by atoms with Crippen LogP contribution < -0.4 is 5.32 Å². The third-order valence-corrected chi connectivity index (χ3v) is 3.29. The highest BCUT2D eigenvalue weighted by molar-refractivity contribution is 5.91. The zero-order chi connectivity index (χ0) is 15.3.